The van der Waals surface area contributed by atoms with Crippen molar-refractivity contribution in [3.63, 3.8) is 0 Å². The maximum atomic E-state index is 13.7. The van der Waals surface area contributed by atoms with Crippen molar-refractivity contribution >= 4 is 5.78 Å². The molecule has 0 aliphatic heterocycles. The Morgan fingerprint density at radius 3 is 2.52 bits per heavy atom. The zero-order valence-corrected chi connectivity index (χ0v) is 18.4. The van der Waals surface area contributed by atoms with Crippen LogP contribution in [0.5, 0.6) is 0 Å². The molecule has 0 amide bonds. The number of carbonyl (C=O) groups is 1. The third-order valence-electron chi connectivity index (χ3n) is 10.4. The molecule has 8 atom stereocenters. The monoisotopic (exact) mass is 396 g/mol. The van der Waals surface area contributed by atoms with Gasteiger partial charge in [0, 0.05) is 11.5 Å². The van der Waals surface area contributed by atoms with Gasteiger partial charge in [0.1, 0.15) is 5.82 Å². The van der Waals surface area contributed by atoms with Crippen LogP contribution < -0.4 is 0 Å². The molecule has 4 aliphatic rings. The van der Waals surface area contributed by atoms with E-state index in [9.17, 15) is 9.18 Å². The molecule has 5 rings (SSSR count). The average Bonchev–Trinajstić information content (AvgIpc) is 3.05. The fourth-order valence-electron chi connectivity index (χ4n) is 8.75. The number of ketones is 1. The highest BCUT2D eigenvalue weighted by Gasteiger charge is 2.61. The first-order valence-corrected chi connectivity index (χ1v) is 12.1. The lowest BCUT2D eigenvalue weighted by Crippen LogP contribution is -2.53. The Morgan fingerprint density at radius 2 is 1.72 bits per heavy atom. The van der Waals surface area contributed by atoms with Gasteiger partial charge in [-0.3, -0.25) is 4.79 Å². The molecule has 1 aromatic rings. The molecule has 0 aromatic heterocycles. The molecule has 0 N–H and O–H groups in total. The van der Waals surface area contributed by atoms with Crippen molar-refractivity contribution in [3.8, 4) is 0 Å². The minimum absolute atomic E-state index is 0.0761. The normalized spacial score (nSPS) is 46.5. The molecule has 29 heavy (non-hydrogen) atoms. The van der Waals surface area contributed by atoms with Gasteiger partial charge in [-0.05, 0) is 104 Å². The molecule has 2 heteroatoms. The molecule has 158 valence electrons. The molecular formula is C27H37FO. The van der Waals surface area contributed by atoms with Crippen molar-refractivity contribution in [1.82, 2.24) is 0 Å². The maximum Gasteiger partial charge on any atom is 0.166 e. The lowest BCUT2D eigenvalue weighted by molar-refractivity contribution is -0.114. The Labute approximate surface area is 175 Å². The lowest BCUT2D eigenvalue weighted by atomic mass is 9.44. The summed E-state index contributed by atoms with van der Waals surface area (Å²) in [5, 5.41) is 0. The van der Waals surface area contributed by atoms with Gasteiger partial charge in [0.15, 0.2) is 5.78 Å². The van der Waals surface area contributed by atoms with Crippen LogP contribution in [0.4, 0.5) is 4.39 Å². The van der Waals surface area contributed by atoms with E-state index in [0.29, 0.717) is 16.9 Å². The minimum Gasteiger partial charge on any atom is -0.294 e. The molecule has 4 saturated carbocycles. The number of benzene rings is 1. The van der Waals surface area contributed by atoms with Gasteiger partial charge in [-0.1, -0.05) is 39.3 Å². The number of halogens is 1. The minimum atomic E-state index is -0.294. The Hall–Kier alpha value is -1.18. The highest BCUT2D eigenvalue weighted by Crippen LogP contribution is 2.68. The van der Waals surface area contributed by atoms with Crippen molar-refractivity contribution in [1.29, 1.82) is 0 Å². The first-order chi connectivity index (χ1) is 13.8. The summed E-state index contributed by atoms with van der Waals surface area (Å²) in [5.74, 6) is 4.13. The number of carbonyl (C=O) groups excluding carboxylic acids is 1. The Balaban J connectivity index is 1.40. The van der Waals surface area contributed by atoms with Crippen molar-refractivity contribution in [3.05, 3.63) is 35.6 Å². The lowest BCUT2D eigenvalue weighted by Gasteiger charge is -2.61. The number of hydrogen-bond acceptors (Lipinski definition) is 1. The molecule has 1 aromatic carbocycles. The van der Waals surface area contributed by atoms with Gasteiger partial charge in [-0.2, -0.15) is 0 Å². The predicted molar refractivity (Wildman–Crippen MR) is 115 cm³/mol. The van der Waals surface area contributed by atoms with Crippen LogP contribution in [0, 0.1) is 52.2 Å². The van der Waals surface area contributed by atoms with Crippen LogP contribution in [0.1, 0.15) is 88.9 Å². The summed E-state index contributed by atoms with van der Waals surface area (Å²) in [6, 6.07) is 6.37. The smallest absolute Gasteiger partial charge is 0.166 e. The SMILES string of the molecule is CC1CCC2(C)C(CCC3C2CCC2(C)C(C(=O)c4cccc(F)c4)CCC32)C1. The fraction of sp³-hybridized carbons (Fsp3) is 0.741. The summed E-state index contributed by atoms with van der Waals surface area (Å²) >= 11 is 0. The Kier molecular flexibility index (Phi) is 4.72. The first-order valence-electron chi connectivity index (χ1n) is 12.1. The van der Waals surface area contributed by atoms with Gasteiger partial charge >= 0.3 is 0 Å². The van der Waals surface area contributed by atoms with Crippen molar-refractivity contribution < 1.29 is 9.18 Å². The second-order valence-electron chi connectivity index (χ2n) is 11.6. The standard InChI is InChI=1S/C27H37FO/c1-17-11-13-26(2)19(15-17)7-8-21-22-9-10-24(27(22,3)14-12-23(21)26)25(29)18-5-4-6-20(28)16-18/h4-6,16-17,19,21-24H,7-15H2,1-3H3. The maximum absolute atomic E-state index is 13.7. The van der Waals surface area contributed by atoms with E-state index < -0.39 is 0 Å². The van der Waals surface area contributed by atoms with Gasteiger partial charge in [0.05, 0.1) is 0 Å². The summed E-state index contributed by atoms with van der Waals surface area (Å²) in [7, 11) is 0. The van der Waals surface area contributed by atoms with E-state index in [1.54, 1.807) is 6.07 Å². The topological polar surface area (TPSA) is 17.1 Å². The van der Waals surface area contributed by atoms with E-state index in [4.69, 9.17) is 0 Å². The molecule has 0 heterocycles. The second-order valence-corrected chi connectivity index (χ2v) is 11.6. The third-order valence-corrected chi connectivity index (χ3v) is 10.4. The van der Waals surface area contributed by atoms with E-state index in [1.165, 1.54) is 63.5 Å². The van der Waals surface area contributed by atoms with Gasteiger partial charge in [0.25, 0.3) is 0 Å². The summed E-state index contributed by atoms with van der Waals surface area (Å²) in [6.07, 6.45) is 11.7. The van der Waals surface area contributed by atoms with Crippen molar-refractivity contribution in [2.45, 2.75) is 78.6 Å². The van der Waals surface area contributed by atoms with E-state index in [-0.39, 0.29) is 22.9 Å². The molecule has 4 fully saturated rings. The van der Waals surface area contributed by atoms with E-state index in [2.05, 4.69) is 20.8 Å². The molecule has 0 radical (unpaired) electrons. The summed E-state index contributed by atoms with van der Waals surface area (Å²) in [5.41, 5.74) is 1.22. The van der Waals surface area contributed by atoms with Crippen LogP contribution in [-0.4, -0.2) is 5.78 Å². The summed E-state index contributed by atoms with van der Waals surface area (Å²) in [4.78, 5) is 13.4. The number of fused-ring (bicyclic) bond motifs is 5. The molecule has 4 aliphatic carbocycles. The van der Waals surface area contributed by atoms with E-state index in [0.717, 1.165) is 30.1 Å². The van der Waals surface area contributed by atoms with Crippen LogP contribution in [0.15, 0.2) is 24.3 Å². The molecule has 0 spiro atoms. The molecule has 0 saturated heterocycles. The number of Topliss-reactive ketones (excluding diaryl/α,β-unsaturated/α-hetero) is 1. The number of hydrogen-bond donors (Lipinski definition) is 0. The molecule has 8 unspecified atom stereocenters. The summed E-state index contributed by atoms with van der Waals surface area (Å²) < 4.78 is 13.7. The Morgan fingerprint density at radius 1 is 0.966 bits per heavy atom. The highest BCUT2D eigenvalue weighted by molar-refractivity contribution is 5.98. The average molecular weight is 397 g/mol. The quantitative estimate of drug-likeness (QED) is 0.479. The van der Waals surface area contributed by atoms with Crippen LogP contribution in [0.2, 0.25) is 0 Å². The largest absolute Gasteiger partial charge is 0.294 e. The second kappa shape index (κ2) is 6.92. The zero-order valence-electron chi connectivity index (χ0n) is 18.4. The van der Waals surface area contributed by atoms with Gasteiger partial charge in [-0.15, -0.1) is 0 Å². The third kappa shape index (κ3) is 2.95. The van der Waals surface area contributed by atoms with E-state index in [1.807, 2.05) is 6.07 Å². The van der Waals surface area contributed by atoms with Gasteiger partial charge in [-0.25, -0.2) is 4.39 Å². The molecule has 0 bridgehead atoms. The van der Waals surface area contributed by atoms with Gasteiger partial charge < -0.3 is 0 Å². The van der Waals surface area contributed by atoms with Crippen LogP contribution in [-0.2, 0) is 0 Å². The highest BCUT2D eigenvalue weighted by atomic mass is 19.1. The van der Waals surface area contributed by atoms with Crippen LogP contribution in [0.25, 0.3) is 0 Å². The zero-order chi connectivity index (χ0) is 20.4. The van der Waals surface area contributed by atoms with Crippen molar-refractivity contribution in [2.75, 3.05) is 0 Å². The van der Waals surface area contributed by atoms with Crippen LogP contribution in [0.3, 0.4) is 0 Å². The summed E-state index contributed by atoms with van der Waals surface area (Å²) in [6.45, 7) is 7.47. The van der Waals surface area contributed by atoms with Crippen LogP contribution >= 0.6 is 0 Å². The number of rotatable bonds is 2. The fourth-order valence-corrected chi connectivity index (χ4v) is 8.75. The Bertz CT molecular complexity index is 801. The first kappa shape index (κ1) is 19.8. The molecular weight excluding hydrogens is 359 g/mol. The van der Waals surface area contributed by atoms with Crippen molar-refractivity contribution in [2.24, 2.45) is 46.3 Å². The molecule has 1 nitrogen and oxygen atoms in total. The van der Waals surface area contributed by atoms with Gasteiger partial charge in [0.2, 0.25) is 0 Å². The van der Waals surface area contributed by atoms with E-state index >= 15 is 0 Å². The predicted octanol–water partition coefficient (Wildman–Crippen LogP) is 7.30.